The van der Waals surface area contributed by atoms with Crippen LogP contribution in [0, 0.1) is 6.92 Å². The van der Waals surface area contributed by atoms with Crippen molar-refractivity contribution in [2.75, 3.05) is 41.8 Å². The number of alkyl halides is 2. The van der Waals surface area contributed by atoms with E-state index in [2.05, 4.69) is 25.5 Å². The van der Waals surface area contributed by atoms with E-state index in [1.807, 2.05) is 13.0 Å². The van der Waals surface area contributed by atoms with Gasteiger partial charge in [0, 0.05) is 41.1 Å². The van der Waals surface area contributed by atoms with Crippen LogP contribution in [-0.2, 0) is 4.74 Å². The van der Waals surface area contributed by atoms with Crippen molar-refractivity contribution in [3.63, 3.8) is 0 Å². The third-order valence-electron chi connectivity index (χ3n) is 4.92. The molecule has 1 saturated heterocycles. The van der Waals surface area contributed by atoms with E-state index in [0.29, 0.717) is 36.6 Å². The van der Waals surface area contributed by atoms with E-state index in [9.17, 15) is 13.6 Å². The van der Waals surface area contributed by atoms with Crippen LogP contribution in [0.5, 0.6) is 0 Å². The van der Waals surface area contributed by atoms with Gasteiger partial charge in [-0.2, -0.15) is 13.8 Å². The lowest BCUT2D eigenvalue weighted by Gasteiger charge is -2.28. The lowest BCUT2D eigenvalue weighted by Crippen LogP contribution is -2.36. The molecule has 1 aromatic heterocycles. The van der Waals surface area contributed by atoms with Crippen molar-refractivity contribution in [1.29, 1.82) is 0 Å². The Balaban J connectivity index is 1.43. The maximum absolute atomic E-state index is 12.8. The highest BCUT2D eigenvalue weighted by molar-refractivity contribution is 7.99. The predicted octanol–water partition coefficient (Wildman–Crippen LogP) is 4.93. The number of rotatable bonds is 7. The molecule has 1 aliphatic rings. The minimum Gasteiger partial charge on any atom is -0.378 e. The number of nitrogens with zero attached hydrogens (tertiary/aromatic N) is 3. The Kier molecular flexibility index (Phi) is 7.36. The first-order valence-electron chi connectivity index (χ1n) is 10.4. The largest absolute Gasteiger partial charge is 0.378 e. The van der Waals surface area contributed by atoms with E-state index in [1.165, 1.54) is 12.1 Å². The molecule has 2 N–H and O–H groups in total. The summed E-state index contributed by atoms with van der Waals surface area (Å²) in [4.78, 5) is 24.1. The second-order valence-corrected chi connectivity index (χ2v) is 8.35. The zero-order valence-electron chi connectivity index (χ0n) is 17.9. The van der Waals surface area contributed by atoms with Crippen LogP contribution in [0.2, 0.25) is 0 Å². The Labute approximate surface area is 194 Å². The van der Waals surface area contributed by atoms with Crippen molar-refractivity contribution in [3.8, 4) is 0 Å². The molecule has 7 nitrogen and oxygen atoms in total. The number of nitrogens with one attached hydrogen (secondary N) is 2. The zero-order chi connectivity index (χ0) is 23.2. The summed E-state index contributed by atoms with van der Waals surface area (Å²) >= 11 is 0.352. The molecule has 1 fully saturated rings. The van der Waals surface area contributed by atoms with Gasteiger partial charge in [0.1, 0.15) is 5.82 Å². The van der Waals surface area contributed by atoms with Gasteiger partial charge in [0.25, 0.3) is 11.7 Å². The molecule has 0 bridgehead atoms. The summed E-state index contributed by atoms with van der Waals surface area (Å²) in [5.41, 5.74) is 2.34. The van der Waals surface area contributed by atoms with Gasteiger partial charge in [-0.1, -0.05) is 23.9 Å². The fourth-order valence-corrected chi connectivity index (χ4v) is 4.02. The van der Waals surface area contributed by atoms with Crippen molar-refractivity contribution in [1.82, 2.24) is 9.97 Å². The number of benzene rings is 2. The van der Waals surface area contributed by atoms with Crippen LogP contribution in [0.15, 0.2) is 59.5 Å². The van der Waals surface area contributed by atoms with Crippen LogP contribution in [0.3, 0.4) is 0 Å². The summed E-state index contributed by atoms with van der Waals surface area (Å²) < 4.78 is 31.0. The molecule has 0 atom stereocenters. The Hall–Kier alpha value is -3.24. The SMILES string of the molecule is Cc1cc(N2CCOCC2)nc(Nc2ccc(NC(=O)c3ccccc3SC(F)F)cc2)n1. The molecule has 10 heteroatoms. The Morgan fingerprint density at radius 2 is 1.76 bits per heavy atom. The van der Waals surface area contributed by atoms with Gasteiger partial charge in [-0.05, 0) is 43.3 Å². The van der Waals surface area contributed by atoms with Gasteiger partial charge in [0.15, 0.2) is 0 Å². The standard InChI is InChI=1S/C23H23F2N5O2S/c1-15-14-20(30-10-12-32-13-11-30)29-23(26-15)28-17-8-6-16(7-9-17)27-21(31)18-4-2-3-5-19(18)33-22(24)25/h2-9,14,22H,10-13H2,1H3,(H,27,31)(H,26,28,29). The molecular weight excluding hydrogens is 448 g/mol. The molecule has 33 heavy (non-hydrogen) atoms. The molecule has 2 aromatic carbocycles. The van der Waals surface area contributed by atoms with Crippen LogP contribution < -0.4 is 15.5 Å². The number of morpholine rings is 1. The molecule has 172 valence electrons. The van der Waals surface area contributed by atoms with Gasteiger partial charge in [0.2, 0.25) is 5.95 Å². The molecule has 3 aromatic rings. The number of halogens is 2. The van der Waals surface area contributed by atoms with Gasteiger partial charge >= 0.3 is 0 Å². The molecule has 0 unspecified atom stereocenters. The van der Waals surface area contributed by atoms with Crippen molar-refractivity contribution in [3.05, 3.63) is 65.9 Å². The lowest BCUT2D eigenvalue weighted by atomic mass is 10.2. The summed E-state index contributed by atoms with van der Waals surface area (Å²) in [6, 6.07) is 15.3. The summed E-state index contributed by atoms with van der Waals surface area (Å²) in [6.45, 7) is 4.82. The Morgan fingerprint density at radius 1 is 1.06 bits per heavy atom. The van der Waals surface area contributed by atoms with Crippen LogP contribution in [0.4, 0.5) is 31.9 Å². The average Bonchev–Trinajstić information content (AvgIpc) is 2.80. The lowest BCUT2D eigenvalue weighted by molar-refractivity contribution is 0.102. The van der Waals surface area contributed by atoms with Crippen molar-refractivity contribution < 1.29 is 18.3 Å². The van der Waals surface area contributed by atoms with Gasteiger partial charge in [-0.15, -0.1) is 0 Å². The number of ether oxygens (including phenoxy) is 1. The average molecular weight is 472 g/mol. The molecular formula is C23H23F2N5O2S. The number of carbonyl (C=O) groups is 1. The first kappa shape index (κ1) is 22.9. The van der Waals surface area contributed by atoms with Gasteiger partial charge in [-0.25, -0.2) is 4.98 Å². The molecule has 0 aliphatic carbocycles. The summed E-state index contributed by atoms with van der Waals surface area (Å²) in [6.07, 6.45) is 0. The number of carbonyl (C=O) groups excluding carboxylic acids is 1. The maximum Gasteiger partial charge on any atom is 0.288 e. The third kappa shape index (κ3) is 6.17. The second kappa shape index (κ2) is 10.6. The zero-order valence-corrected chi connectivity index (χ0v) is 18.7. The number of aromatic nitrogens is 2. The molecule has 1 amide bonds. The highest BCUT2D eigenvalue weighted by atomic mass is 32.2. The number of hydrogen-bond acceptors (Lipinski definition) is 7. The highest BCUT2D eigenvalue weighted by Gasteiger charge is 2.16. The smallest absolute Gasteiger partial charge is 0.288 e. The van der Waals surface area contributed by atoms with Crippen LogP contribution >= 0.6 is 11.8 Å². The van der Waals surface area contributed by atoms with Crippen LogP contribution in [-0.4, -0.2) is 47.9 Å². The fraction of sp³-hybridized carbons (Fsp3) is 0.261. The second-order valence-electron chi connectivity index (χ2n) is 7.32. The fourth-order valence-electron chi connectivity index (χ4n) is 3.38. The van der Waals surface area contributed by atoms with Crippen LogP contribution in [0.1, 0.15) is 16.1 Å². The molecule has 0 radical (unpaired) electrons. The molecule has 0 spiro atoms. The van der Waals surface area contributed by atoms with Gasteiger partial charge < -0.3 is 20.3 Å². The first-order valence-corrected chi connectivity index (χ1v) is 11.3. The highest BCUT2D eigenvalue weighted by Crippen LogP contribution is 2.29. The minimum absolute atomic E-state index is 0.203. The molecule has 1 aliphatic heterocycles. The molecule has 0 saturated carbocycles. The van der Waals surface area contributed by atoms with Crippen molar-refractivity contribution >= 4 is 40.8 Å². The number of amides is 1. The van der Waals surface area contributed by atoms with Crippen LogP contribution in [0.25, 0.3) is 0 Å². The van der Waals surface area contributed by atoms with E-state index in [0.717, 1.165) is 30.3 Å². The number of aryl methyl sites for hydroxylation is 1. The number of hydrogen-bond donors (Lipinski definition) is 2. The molecule has 2 heterocycles. The summed E-state index contributed by atoms with van der Waals surface area (Å²) in [7, 11) is 0. The van der Waals surface area contributed by atoms with E-state index >= 15 is 0 Å². The number of thioether (sulfide) groups is 1. The van der Waals surface area contributed by atoms with Crippen molar-refractivity contribution in [2.24, 2.45) is 0 Å². The maximum atomic E-state index is 12.8. The van der Waals surface area contributed by atoms with E-state index in [4.69, 9.17) is 4.74 Å². The van der Waals surface area contributed by atoms with Gasteiger partial charge in [0.05, 0.1) is 18.8 Å². The Bertz CT molecular complexity index is 1110. The minimum atomic E-state index is -2.60. The normalized spacial score (nSPS) is 13.8. The Morgan fingerprint density at radius 3 is 2.48 bits per heavy atom. The quantitative estimate of drug-likeness (QED) is 0.473. The number of anilines is 4. The topological polar surface area (TPSA) is 79.4 Å². The summed E-state index contributed by atoms with van der Waals surface area (Å²) in [5, 5.41) is 5.94. The molecule has 4 rings (SSSR count). The van der Waals surface area contributed by atoms with E-state index in [1.54, 1.807) is 36.4 Å². The van der Waals surface area contributed by atoms with Gasteiger partial charge in [-0.3, -0.25) is 4.79 Å². The van der Waals surface area contributed by atoms with Crippen molar-refractivity contribution in [2.45, 2.75) is 17.6 Å². The predicted molar refractivity (Wildman–Crippen MR) is 126 cm³/mol. The van der Waals surface area contributed by atoms with E-state index in [-0.39, 0.29) is 10.5 Å². The third-order valence-corrected chi connectivity index (χ3v) is 5.71. The monoisotopic (exact) mass is 471 g/mol. The first-order chi connectivity index (χ1) is 16.0. The van der Waals surface area contributed by atoms with E-state index < -0.39 is 11.7 Å². The summed E-state index contributed by atoms with van der Waals surface area (Å²) in [5.74, 6) is -1.72.